The van der Waals surface area contributed by atoms with Gasteiger partial charge in [0.1, 0.15) is 0 Å². The Morgan fingerprint density at radius 1 is 1.59 bits per heavy atom. The Morgan fingerprint density at radius 2 is 2.29 bits per heavy atom. The third-order valence-corrected chi connectivity index (χ3v) is 2.72. The minimum Gasteiger partial charge on any atom is -0.397 e. The number of pyridine rings is 1. The number of nitrogens with one attached hydrogen (secondary N) is 1. The van der Waals surface area contributed by atoms with Crippen LogP contribution < -0.4 is 11.1 Å². The van der Waals surface area contributed by atoms with E-state index in [4.69, 9.17) is 5.73 Å². The van der Waals surface area contributed by atoms with Gasteiger partial charge in [-0.2, -0.15) is 0 Å². The molecule has 4 heteroatoms. The Morgan fingerprint density at radius 3 is 2.94 bits per heavy atom. The van der Waals surface area contributed by atoms with Crippen molar-refractivity contribution in [3.05, 3.63) is 23.5 Å². The van der Waals surface area contributed by atoms with Crippen LogP contribution in [0.1, 0.15) is 49.2 Å². The summed E-state index contributed by atoms with van der Waals surface area (Å²) >= 11 is 0. The maximum Gasteiger partial charge on any atom is 0.253 e. The summed E-state index contributed by atoms with van der Waals surface area (Å²) in [7, 11) is 0. The standard InChI is InChI=1S/C13H21N3O/c1-4-5-6-9(2)16-13(17)12-7-11(14)8-15-10(12)3/h7-9H,4-6,14H2,1-3H3,(H,16,17). The molecule has 0 saturated carbocycles. The maximum absolute atomic E-state index is 12.0. The highest BCUT2D eigenvalue weighted by atomic mass is 16.1. The van der Waals surface area contributed by atoms with Crippen molar-refractivity contribution in [3.8, 4) is 0 Å². The number of amides is 1. The molecule has 1 aromatic rings. The van der Waals surface area contributed by atoms with Crippen molar-refractivity contribution in [2.45, 2.75) is 46.1 Å². The molecule has 0 aliphatic heterocycles. The van der Waals surface area contributed by atoms with Gasteiger partial charge in [-0.05, 0) is 26.3 Å². The number of aromatic nitrogens is 1. The molecule has 0 radical (unpaired) electrons. The van der Waals surface area contributed by atoms with Gasteiger partial charge in [-0.25, -0.2) is 0 Å². The van der Waals surface area contributed by atoms with E-state index in [1.165, 1.54) is 0 Å². The zero-order chi connectivity index (χ0) is 12.8. The van der Waals surface area contributed by atoms with Crippen LogP contribution in [0.25, 0.3) is 0 Å². The molecule has 1 amide bonds. The first kappa shape index (κ1) is 13.5. The molecule has 0 aliphatic rings. The Balaban J connectivity index is 2.66. The minimum absolute atomic E-state index is 0.0918. The van der Waals surface area contributed by atoms with Gasteiger partial charge in [-0.15, -0.1) is 0 Å². The van der Waals surface area contributed by atoms with E-state index in [9.17, 15) is 4.79 Å². The number of nitrogens with zero attached hydrogens (tertiary/aromatic N) is 1. The summed E-state index contributed by atoms with van der Waals surface area (Å²) < 4.78 is 0. The highest BCUT2D eigenvalue weighted by molar-refractivity contribution is 5.96. The second-order valence-corrected chi connectivity index (χ2v) is 4.42. The first-order chi connectivity index (χ1) is 8.04. The summed E-state index contributed by atoms with van der Waals surface area (Å²) in [5.74, 6) is -0.0918. The fourth-order valence-corrected chi connectivity index (χ4v) is 1.66. The van der Waals surface area contributed by atoms with E-state index in [1.807, 2.05) is 13.8 Å². The van der Waals surface area contributed by atoms with Crippen molar-refractivity contribution >= 4 is 11.6 Å². The van der Waals surface area contributed by atoms with Crippen LogP contribution in [-0.4, -0.2) is 16.9 Å². The Bertz CT molecular complexity index is 390. The smallest absolute Gasteiger partial charge is 0.253 e. The Kier molecular flexibility index (Phi) is 4.94. The zero-order valence-electron chi connectivity index (χ0n) is 10.8. The number of nitrogen functional groups attached to an aromatic ring is 1. The molecule has 94 valence electrons. The number of carbonyl (C=O) groups excluding carboxylic acids is 1. The molecule has 0 aromatic carbocycles. The number of carbonyl (C=O) groups is 1. The lowest BCUT2D eigenvalue weighted by atomic mass is 10.1. The molecular weight excluding hydrogens is 214 g/mol. The lowest BCUT2D eigenvalue weighted by Crippen LogP contribution is -2.33. The summed E-state index contributed by atoms with van der Waals surface area (Å²) in [5.41, 5.74) is 7.42. The van der Waals surface area contributed by atoms with Gasteiger partial charge < -0.3 is 11.1 Å². The summed E-state index contributed by atoms with van der Waals surface area (Å²) in [4.78, 5) is 16.1. The van der Waals surface area contributed by atoms with Gasteiger partial charge in [0.2, 0.25) is 0 Å². The normalized spacial score (nSPS) is 12.2. The average Bonchev–Trinajstić information content (AvgIpc) is 2.29. The first-order valence-electron chi connectivity index (χ1n) is 6.07. The van der Waals surface area contributed by atoms with Crippen LogP contribution >= 0.6 is 0 Å². The highest BCUT2D eigenvalue weighted by Gasteiger charge is 2.12. The van der Waals surface area contributed by atoms with Crippen LogP contribution in [0.2, 0.25) is 0 Å². The summed E-state index contributed by atoms with van der Waals surface area (Å²) in [6, 6.07) is 1.85. The fourth-order valence-electron chi connectivity index (χ4n) is 1.66. The SMILES string of the molecule is CCCCC(C)NC(=O)c1cc(N)cnc1C. The van der Waals surface area contributed by atoms with Gasteiger partial charge in [0.25, 0.3) is 5.91 Å². The zero-order valence-corrected chi connectivity index (χ0v) is 10.8. The molecule has 4 nitrogen and oxygen atoms in total. The quantitative estimate of drug-likeness (QED) is 0.822. The van der Waals surface area contributed by atoms with Gasteiger partial charge in [0, 0.05) is 6.04 Å². The van der Waals surface area contributed by atoms with E-state index in [0.29, 0.717) is 16.9 Å². The van der Waals surface area contributed by atoms with Crippen molar-refractivity contribution < 1.29 is 4.79 Å². The average molecular weight is 235 g/mol. The largest absolute Gasteiger partial charge is 0.397 e. The van der Waals surface area contributed by atoms with E-state index < -0.39 is 0 Å². The van der Waals surface area contributed by atoms with Crippen LogP contribution in [-0.2, 0) is 0 Å². The number of nitrogens with two attached hydrogens (primary N) is 1. The minimum atomic E-state index is -0.0918. The summed E-state index contributed by atoms with van der Waals surface area (Å²) in [6.07, 6.45) is 4.82. The Labute approximate surface area is 103 Å². The molecule has 17 heavy (non-hydrogen) atoms. The molecule has 1 atom stereocenters. The van der Waals surface area contributed by atoms with E-state index in [0.717, 1.165) is 19.3 Å². The molecule has 0 bridgehead atoms. The molecule has 3 N–H and O–H groups in total. The monoisotopic (exact) mass is 235 g/mol. The van der Waals surface area contributed by atoms with Crippen LogP contribution in [0.15, 0.2) is 12.3 Å². The third kappa shape index (κ3) is 4.06. The maximum atomic E-state index is 12.0. The van der Waals surface area contributed by atoms with E-state index in [1.54, 1.807) is 12.3 Å². The predicted octanol–water partition coefficient (Wildman–Crippen LogP) is 2.28. The van der Waals surface area contributed by atoms with Crippen molar-refractivity contribution in [1.82, 2.24) is 10.3 Å². The fraction of sp³-hybridized carbons (Fsp3) is 0.538. The molecule has 1 heterocycles. The lowest BCUT2D eigenvalue weighted by Gasteiger charge is -2.14. The van der Waals surface area contributed by atoms with Crippen molar-refractivity contribution in [2.75, 3.05) is 5.73 Å². The molecule has 0 spiro atoms. The van der Waals surface area contributed by atoms with Gasteiger partial charge in [0.05, 0.1) is 23.1 Å². The first-order valence-corrected chi connectivity index (χ1v) is 6.07. The van der Waals surface area contributed by atoms with Crippen LogP contribution in [0, 0.1) is 6.92 Å². The van der Waals surface area contributed by atoms with Crippen molar-refractivity contribution in [2.24, 2.45) is 0 Å². The second kappa shape index (κ2) is 6.23. The van der Waals surface area contributed by atoms with E-state index in [2.05, 4.69) is 17.2 Å². The second-order valence-electron chi connectivity index (χ2n) is 4.42. The van der Waals surface area contributed by atoms with Crippen LogP contribution in [0.5, 0.6) is 0 Å². The van der Waals surface area contributed by atoms with Crippen LogP contribution in [0.4, 0.5) is 5.69 Å². The number of unbranched alkanes of at least 4 members (excludes halogenated alkanes) is 1. The van der Waals surface area contributed by atoms with E-state index >= 15 is 0 Å². The summed E-state index contributed by atoms with van der Waals surface area (Å²) in [5, 5.41) is 2.96. The van der Waals surface area contributed by atoms with Crippen molar-refractivity contribution in [3.63, 3.8) is 0 Å². The number of hydrogen-bond donors (Lipinski definition) is 2. The highest BCUT2D eigenvalue weighted by Crippen LogP contribution is 2.10. The van der Waals surface area contributed by atoms with Gasteiger partial charge in [-0.3, -0.25) is 9.78 Å². The molecule has 0 fully saturated rings. The number of anilines is 1. The lowest BCUT2D eigenvalue weighted by molar-refractivity contribution is 0.0937. The number of rotatable bonds is 5. The molecule has 0 aliphatic carbocycles. The number of aryl methyl sites for hydroxylation is 1. The molecule has 1 rings (SSSR count). The topological polar surface area (TPSA) is 68.0 Å². The molecular formula is C13H21N3O. The summed E-state index contributed by atoms with van der Waals surface area (Å²) in [6.45, 7) is 5.97. The molecule has 0 saturated heterocycles. The van der Waals surface area contributed by atoms with Gasteiger partial charge in [0.15, 0.2) is 0 Å². The van der Waals surface area contributed by atoms with Gasteiger partial charge in [-0.1, -0.05) is 19.8 Å². The Hall–Kier alpha value is -1.58. The predicted molar refractivity (Wildman–Crippen MR) is 69.8 cm³/mol. The van der Waals surface area contributed by atoms with Crippen LogP contribution in [0.3, 0.4) is 0 Å². The third-order valence-electron chi connectivity index (χ3n) is 2.72. The molecule has 1 unspecified atom stereocenters. The van der Waals surface area contributed by atoms with Gasteiger partial charge >= 0.3 is 0 Å². The molecule has 1 aromatic heterocycles. The number of hydrogen-bond acceptors (Lipinski definition) is 3. The van der Waals surface area contributed by atoms with Crippen molar-refractivity contribution in [1.29, 1.82) is 0 Å². The van der Waals surface area contributed by atoms with E-state index in [-0.39, 0.29) is 11.9 Å².